The number of amides is 1. The average Bonchev–Trinajstić information content (AvgIpc) is 3.62. The molecule has 1 unspecified atom stereocenters. The minimum atomic E-state index is -0.198. The van der Waals surface area contributed by atoms with Crippen molar-refractivity contribution >= 4 is 45.5 Å². The summed E-state index contributed by atoms with van der Waals surface area (Å²) in [6.45, 7) is 5.40. The number of thiophene rings is 1. The van der Waals surface area contributed by atoms with Crippen LogP contribution in [0, 0.1) is 6.92 Å². The summed E-state index contributed by atoms with van der Waals surface area (Å²) in [6, 6.07) is 27.1. The maximum Gasteiger partial charge on any atom is 0.254 e. The molecule has 5 heterocycles. The van der Waals surface area contributed by atoms with Gasteiger partial charge in [-0.1, -0.05) is 60.1 Å². The lowest BCUT2D eigenvalue weighted by atomic mass is 9.95. The Hall–Kier alpha value is -4.86. The van der Waals surface area contributed by atoms with Crippen molar-refractivity contribution in [3.8, 4) is 10.8 Å². The van der Waals surface area contributed by atoms with Crippen molar-refractivity contribution < 1.29 is 9.53 Å². The molecular formula is C36H29ClN6O2S. The van der Waals surface area contributed by atoms with Gasteiger partial charge in [0.2, 0.25) is 0 Å². The highest BCUT2D eigenvalue weighted by Crippen LogP contribution is 2.42. The van der Waals surface area contributed by atoms with Crippen LogP contribution in [0.15, 0.2) is 89.9 Å². The number of halogens is 1. The Balaban J connectivity index is 1.08. The van der Waals surface area contributed by atoms with E-state index in [9.17, 15) is 4.79 Å². The van der Waals surface area contributed by atoms with Crippen molar-refractivity contribution in [2.75, 3.05) is 6.54 Å². The second-order valence-corrected chi connectivity index (χ2v) is 13.0. The highest BCUT2D eigenvalue weighted by atomic mass is 35.5. The second kappa shape index (κ2) is 11.5. The number of fused-ring (bicyclic) bond motifs is 6. The molecule has 0 radical (unpaired) electrons. The fourth-order valence-corrected chi connectivity index (χ4v) is 7.93. The number of hydrogen-bond donors (Lipinski definition) is 0. The quantitative estimate of drug-likeness (QED) is 0.194. The first-order valence-corrected chi connectivity index (χ1v) is 16.4. The molecule has 1 amide bonds. The van der Waals surface area contributed by atoms with Crippen LogP contribution in [0.5, 0.6) is 5.75 Å². The number of rotatable bonds is 5. The topological polar surface area (TPSA) is 85.5 Å². The van der Waals surface area contributed by atoms with Gasteiger partial charge in [0.05, 0.1) is 23.5 Å². The summed E-state index contributed by atoms with van der Waals surface area (Å²) in [5, 5.41) is 11.7. The molecule has 8 nitrogen and oxygen atoms in total. The Labute approximate surface area is 275 Å². The highest BCUT2D eigenvalue weighted by Gasteiger charge is 2.35. The van der Waals surface area contributed by atoms with E-state index >= 15 is 0 Å². The molecule has 0 bridgehead atoms. The van der Waals surface area contributed by atoms with Crippen LogP contribution in [0.4, 0.5) is 0 Å². The van der Waals surface area contributed by atoms with Gasteiger partial charge in [-0.2, -0.15) is 0 Å². The molecule has 0 N–H and O–H groups in total. The van der Waals surface area contributed by atoms with Crippen molar-refractivity contribution in [1.29, 1.82) is 0 Å². The van der Waals surface area contributed by atoms with Gasteiger partial charge in [0.1, 0.15) is 29.2 Å². The third-order valence-electron chi connectivity index (χ3n) is 8.56. The van der Waals surface area contributed by atoms with E-state index in [4.69, 9.17) is 26.3 Å². The Kier molecular flexibility index (Phi) is 7.15. The summed E-state index contributed by atoms with van der Waals surface area (Å²) in [7, 11) is 0. The van der Waals surface area contributed by atoms with Gasteiger partial charge in [-0.05, 0) is 62.2 Å². The monoisotopic (exact) mass is 644 g/mol. The lowest BCUT2D eigenvalue weighted by Crippen LogP contribution is -2.35. The molecule has 0 saturated carbocycles. The molecule has 0 fully saturated rings. The van der Waals surface area contributed by atoms with Crippen LogP contribution in [0.1, 0.15) is 62.2 Å². The fourth-order valence-electron chi connectivity index (χ4n) is 6.29. The number of nitrogens with zero attached hydrogens (tertiary/aromatic N) is 6. The van der Waals surface area contributed by atoms with Gasteiger partial charge in [-0.25, -0.2) is 4.98 Å². The molecule has 0 spiro atoms. The second-order valence-electron chi connectivity index (χ2n) is 11.5. The van der Waals surface area contributed by atoms with E-state index in [2.05, 4.69) is 14.8 Å². The lowest BCUT2D eigenvalue weighted by Gasteiger charge is -2.28. The number of aromatic nitrogens is 4. The van der Waals surface area contributed by atoms with Gasteiger partial charge < -0.3 is 9.64 Å². The first-order valence-electron chi connectivity index (χ1n) is 15.2. The van der Waals surface area contributed by atoms with E-state index in [1.807, 2.05) is 104 Å². The van der Waals surface area contributed by atoms with Gasteiger partial charge in [0, 0.05) is 38.5 Å². The Morgan fingerprint density at radius 1 is 1.02 bits per heavy atom. The van der Waals surface area contributed by atoms with Crippen molar-refractivity contribution in [1.82, 2.24) is 24.6 Å². The summed E-state index contributed by atoms with van der Waals surface area (Å²) < 4.78 is 8.20. The summed E-state index contributed by atoms with van der Waals surface area (Å²) in [4.78, 5) is 26.8. The molecule has 10 heteroatoms. The molecule has 2 aliphatic heterocycles. The summed E-state index contributed by atoms with van der Waals surface area (Å²) in [6.07, 6.45) is 0.699. The molecule has 6 aromatic rings. The number of ether oxygens (including phenoxy) is 1. The Bertz CT molecular complexity index is 2190. The third kappa shape index (κ3) is 4.96. The summed E-state index contributed by atoms with van der Waals surface area (Å²) in [5.41, 5.74) is 6.37. The van der Waals surface area contributed by atoms with E-state index in [0.29, 0.717) is 42.5 Å². The fraction of sp³-hybridized carbons (Fsp3) is 0.194. The van der Waals surface area contributed by atoms with Gasteiger partial charge in [0.15, 0.2) is 5.82 Å². The number of hydrogen-bond acceptors (Lipinski definition) is 7. The first-order chi connectivity index (χ1) is 22.4. The first kappa shape index (κ1) is 28.6. The van der Waals surface area contributed by atoms with E-state index < -0.39 is 0 Å². The van der Waals surface area contributed by atoms with Crippen LogP contribution in [-0.2, 0) is 19.6 Å². The van der Waals surface area contributed by atoms with Gasteiger partial charge in [-0.15, -0.1) is 21.5 Å². The third-order valence-corrected chi connectivity index (χ3v) is 10.1. The van der Waals surface area contributed by atoms with Crippen LogP contribution < -0.4 is 4.74 Å². The average molecular weight is 645 g/mol. The van der Waals surface area contributed by atoms with E-state index in [-0.39, 0.29) is 11.9 Å². The SMILES string of the molecule is Cc1nnc2n1-c1sc3c(c1C(c1ccccc1Cl)=NC2C)CCN(C(=O)c1cccc(OCc2ccc4ccccc4n2)c1)C3. The van der Waals surface area contributed by atoms with E-state index in [0.717, 1.165) is 55.0 Å². The van der Waals surface area contributed by atoms with Crippen LogP contribution in [0.25, 0.3) is 15.9 Å². The number of benzene rings is 3. The smallest absolute Gasteiger partial charge is 0.254 e. The van der Waals surface area contributed by atoms with Crippen LogP contribution >= 0.6 is 22.9 Å². The van der Waals surface area contributed by atoms with Gasteiger partial charge in [0.25, 0.3) is 5.91 Å². The molecule has 0 aliphatic carbocycles. The molecule has 228 valence electrons. The Morgan fingerprint density at radius 2 is 1.87 bits per heavy atom. The van der Waals surface area contributed by atoms with E-state index in [1.165, 1.54) is 5.56 Å². The van der Waals surface area contributed by atoms with Crippen molar-refractivity contribution in [3.63, 3.8) is 0 Å². The summed E-state index contributed by atoms with van der Waals surface area (Å²) in [5.74, 6) is 2.20. The standard InChI is InChI=1S/C36H29ClN6O2S/c1-21-34-41-40-22(2)43(34)36-32(33(38-21)27-11-4-5-12-29(27)37)28-16-17-42(19-31(28)46-36)35(44)24-9-7-10-26(18-24)45-20-25-15-14-23-8-3-6-13-30(23)39-25/h3-15,18,21H,16-17,19-20H2,1-2H3. The number of aliphatic imine (C=N–C) groups is 1. The largest absolute Gasteiger partial charge is 0.487 e. The molecule has 3 aromatic carbocycles. The molecule has 8 rings (SSSR count). The van der Waals surface area contributed by atoms with Crippen LogP contribution in [-0.4, -0.2) is 42.8 Å². The zero-order valence-electron chi connectivity index (χ0n) is 25.3. The number of carbonyl (C=O) groups excluding carboxylic acids is 1. The lowest BCUT2D eigenvalue weighted by molar-refractivity contribution is 0.0736. The molecule has 3 aromatic heterocycles. The summed E-state index contributed by atoms with van der Waals surface area (Å²) >= 11 is 8.42. The molecular weight excluding hydrogens is 616 g/mol. The molecule has 1 atom stereocenters. The zero-order chi connectivity index (χ0) is 31.4. The van der Waals surface area contributed by atoms with Crippen molar-refractivity contribution in [3.05, 3.63) is 134 Å². The maximum absolute atomic E-state index is 13.9. The minimum Gasteiger partial charge on any atom is -0.487 e. The number of para-hydroxylation sites is 1. The number of pyridine rings is 1. The van der Waals surface area contributed by atoms with Crippen LogP contribution in [0.2, 0.25) is 5.02 Å². The maximum atomic E-state index is 13.9. The predicted octanol–water partition coefficient (Wildman–Crippen LogP) is 7.53. The minimum absolute atomic E-state index is 0.0293. The number of carbonyl (C=O) groups is 1. The van der Waals surface area contributed by atoms with Crippen molar-refractivity contribution in [2.24, 2.45) is 4.99 Å². The van der Waals surface area contributed by atoms with Crippen molar-refractivity contribution in [2.45, 2.75) is 39.5 Å². The highest BCUT2D eigenvalue weighted by molar-refractivity contribution is 7.15. The Morgan fingerprint density at radius 3 is 2.76 bits per heavy atom. The van der Waals surface area contributed by atoms with Gasteiger partial charge >= 0.3 is 0 Å². The predicted molar refractivity (Wildman–Crippen MR) is 180 cm³/mol. The molecule has 2 aliphatic rings. The molecule has 0 saturated heterocycles. The number of aryl methyl sites for hydroxylation is 1. The van der Waals surface area contributed by atoms with Gasteiger partial charge in [-0.3, -0.25) is 14.4 Å². The van der Waals surface area contributed by atoms with E-state index in [1.54, 1.807) is 11.3 Å². The zero-order valence-corrected chi connectivity index (χ0v) is 26.8. The normalized spacial score (nSPS) is 15.5. The van der Waals surface area contributed by atoms with Crippen LogP contribution in [0.3, 0.4) is 0 Å². The molecule has 46 heavy (non-hydrogen) atoms.